The van der Waals surface area contributed by atoms with E-state index in [0.717, 1.165) is 24.4 Å². The second kappa shape index (κ2) is 6.26. The highest BCUT2D eigenvalue weighted by Gasteiger charge is 2.16. The molecule has 2 aromatic carbocycles. The molecule has 3 rings (SSSR count). The summed E-state index contributed by atoms with van der Waals surface area (Å²) in [5.74, 6) is 1.53. The minimum atomic E-state index is 0.136. The molecule has 0 saturated carbocycles. The second-order valence-corrected chi connectivity index (χ2v) is 5.95. The van der Waals surface area contributed by atoms with Crippen molar-refractivity contribution in [2.24, 2.45) is 10.7 Å². The summed E-state index contributed by atoms with van der Waals surface area (Å²) in [6.07, 6.45) is 1.34. The Balaban J connectivity index is 1.96. The minimum Gasteiger partial charge on any atom is -0.491 e. The normalized spacial score (nSPS) is 15.2. The fourth-order valence-corrected chi connectivity index (χ4v) is 2.65. The van der Waals surface area contributed by atoms with Gasteiger partial charge in [0.1, 0.15) is 5.75 Å². The van der Waals surface area contributed by atoms with E-state index in [1.807, 2.05) is 32.0 Å². The molecule has 0 atom stereocenters. The molecule has 1 saturated heterocycles. The van der Waals surface area contributed by atoms with E-state index in [0.29, 0.717) is 12.5 Å². The van der Waals surface area contributed by atoms with Gasteiger partial charge in [0, 0.05) is 18.7 Å². The first kappa shape index (κ1) is 14.7. The van der Waals surface area contributed by atoms with E-state index in [-0.39, 0.29) is 6.10 Å². The number of guanidine groups is 1. The van der Waals surface area contributed by atoms with Gasteiger partial charge in [-0.15, -0.1) is 0 Å². The van der Waals surface area contributed by atoms with Gasteiger partial charge < -0.3 is 15.4 Å². The molecule has 22 heavy (non-hydrogen) atoms. The average Bonchev–Trinajstić information content (AvgIpc) is 2.43. The predicted molar refractivity (Wildman–Crippen MR) is 91.2 cm³/mol. The molecule has 4 nitrogen and oxygen atoms in total. The standard InChI is InChI=1S/C18H23N3O/c1-13(2)22-17-9-8-14-6-3-4-7-15(14)16(17)12-20-18(19)21-10-5-11-21/h3-4,6-9,13H,5,10-12H2,1-2H3,(H2,19,20). The molecule has 2 N–H and O–H groups in total. The van der Waals surface area contributed by atoms with E-state index in [1.54, 1.807) is 0 Å². The molecular weight excluding hydrogens is 274 g/mol. The number of nitrogens with zero attached hydrogens (tertiary/aromatic N) is 2. The Labute approximate surface area is 131 Å². The number of hydrogen-bond acceptors (Lipinski definition) is 2. The van der Waals surface area contributed by atoms with Crippen molar-refractivity contribution in [2.45, 2.75) is 32.9 Å². The van der Waals surface area contributed by atoms with Crippen molar-refractivity contribution < 1.29 is 4.74 Å². The van der Waals surface area contributed by atoms with Gasteiger partial charge in [-0.3, -0.25) is 0 Å². The van der Waals surface area contributed by atoms with Gasteiger partial charge in [-0.2, -0.15) is 0 Å². The summed E-state index contributed by atoms with van der Waals surface area (Å²) in [6.45, 7) is 6.65. The molecule has 4 heteroatoms. The summed E-state index contributed by atoms with van der Waals surface area (Å²) in [4.78, 5) is 6.68. The number of nitrogens with two attached hydrogens (primary N) is 1. The molecular formula is C18H23N3O. The smallest absolute Gasteiger partial charge is 0.191 e. The fourth-order valence-electron chi connectivity index (χ4n) is 2.65. The van der Waals surface area contributed by atoms with Crippen LogP contribution >= 0.6 is 0 Å². The number of hydrogen-bond donors (Lipinski definition) is 1. The van der Waals surface area contributed by atoms with Crippen LogP contribution in [0.4, 0.5) is 0 Å². The van der Waals surface area contributed by atoms with Gasteiger partial charge in [0.25, 0.3) is 0 Å². The third-order valence-corrected chi connectivity index (χ3v) is 3.94. The Hall–Kier alpha value is -2.23. The number of benzene rings is 2. The first-order chi connectivity index (χ1) is 10.6. The molecule has 0 bridgehead atoms. The van der Waals surface area contributed by atoms with E-state index in [4.69, 9.17) is 10.5 Å². The third-order valence-electron chi connectivity index (χ3n) is 3.94. The van der Waals surface area contributed by atoms with Gasteiger partial charge >= 0.3 is 0 Å². The molecule has 1 heterocycles. The van der Waals surface area contributed by atoms with Crippen LogP contribution < -0.4 is 10.5 Å². The van der Waals surface area contributed by atoms with Gasteiger partial charge in [-0.05, 0) is 37.1 Å². The van der Waals surface area contributed by atoms with Gasteiger partial charge in [0.2, 0.25) is 0 Å². The zero-order chi connectivity index (χ0) is 15.5. The van der Waals surface area contributed by atoms with E-state index >= 15 is 0 Å². The second-order valence-electron chi connectivity index (χ2n) is 5.95. The van der Waals surface area contributed by atoms with Crippen molar-refractivity contribution in [2.75, 3.05) is 13.1 Å². The van der Waals surface area contributed by atoms with Crippen molar-refractivity contribution in [3.8, 4) is 5.75 Å². The monoisotopic (exact) mass is 297 g/mol. The molecule has 116 valence electrons. The van der Waals surface area contributed by atoms with E-state index in [1.165, 1.54) is 17.2 Å². The Bertz CT molecular complexity index is 690. The number of likely N-dealkylation sites (tertiary alicyclic amines) is 1. The van der Waals surface area contributed by atoms with Crippen molar-refractivity contribution >= 4 is 16.7 Å². The Kier molecular flexibility index (Phi) is 4.18. The summed E-state index contributed by atoms with van der Waals surface area (Å²) in [6, 6.07) is 12.5. The Morgan fingerprint density at radius 3 is 2.68 bits per heavy atom. The van der Waals surface area contributed by atoms with E-state index in [9.17, 15) is 0 Å². The van der Waals surface area contributed by atoms with Crippen LogP contribution in [0.5, 0.6) is 5.75 Å². The van der Waals surface area contributed by atoms with Crippen LogP contribution in [-0.4, -0.2) is 30.1 Å². The topological polar surface area (TPSA) is 50.9 Å². The molecule has 0 aromatic heterocycles. The Morgan fingerprint density at radius 2 is 2.00 bits per heavy atom. The van der Waals surface area contributed by atoms with Crippen LogP contribution in [0.15, 0.2) is 41.4 Å². The lowest BCUT2D eigenvalue weighted by Crippen LogP contribution is -2.46. The number of rotatable bonds is 4. The van der Waals surface area contributed by atoms with Crippen LogP contribution in [0.2, 0.25) is 0 Å². The van der Waals surface area contributed by atoms with E-state index in [2.05, 4.69) is 28.1 Å². The predicted octanol–water partition coefficient (Wildman–Crippen LogP) is 3.15. The molecule has 0 unspecified atom stereocenters. The summed E-state index contributed by atoms with van der Waals surface area (Å²) in [5, 5.41) is 2.38. The highest BCUT2D eigenvalue weighted by atomic mass is 16.5. The largest absolute Gasteiger partial charge is 0.491 e. The molecule has 1 aliphatic heterocycles. The number of ether oxygens (including phenoxy) is 1. The van der Waals surface area contributed by atoms with Crippen molar-refractivity contribution in [3.05, 3.63) is 42.0 Å². The summed E-state index contributed by atoms with van der Waals surface area (Å²) < 4.78 is 5.96. The molecule has 0 amide bonds. The van der Waals surface area contributed by atoms with E-state index < -0.39 is 0 Å². The van der Waals surface area contributed by atoms with Gasteiger partial charge in [-0.25, -0.2) is 4.99 Å². The van der Waals surface area contributed by atoms with Crippen molar-refractivity contribution in [3.63, 3.8) is 0 Å². The maximum absolute atomic E-state index is 6.06. The highest BCUT2D eigenvalue weighted by molar-refractivity contribution is 5.88. The highest BCUT2D eigenvalue weighted by Crippen LogP contribution is 2.29. The summed E-state index contributed by atoms with van der Waals surface area (Å²) in [5.41, 5.74) is 7.16. The van der Waals surface area contributed by atoms with Crippen molar-refractivity contribution in [1.82, 2.24) is 4.90 Å². The number of fused-ring (bicyclic) bond motifs is 1. The zero-order valence-electron chi connectivity index (χ0n) is 13.2. The first-order valence-corrected chi connectivity index (χ1v) is 7.87. The quantitative estimate of drug-likeness (QED) is 0.696. The molecule has 2 aromatic rings. The molecule has 1 fully saturated rings. The minimum absolute atomic E-state index is 0.136. The van der Waals surface area contributed by atoms with Gasteiger partial charge in [-0.1, -0.05) is 30.3 Å². The maximum Gasteiger partial charge on any atom is 0.191 e. The van der Waals surface area contributed by atoms with Crippen LogP contribution in [0.1, 0.15) is 25.8 Å². The molecule has 0 spiro atoms. The van der Waals surface area contributed by atoms with Gasteiger partial charge in [0.05, 0.1) is 12.6 Å². The lowest BCUT2D eigenvalue weighted by atomic mass is 10.0. The summed E-state index contributed by atoms with van der Waals surface area (Å²) >= 11 is 0. The average molecular weight is 297 g/mol. The lowest BCUT2D eigenvalue weighted by Gasteiger charge is -2.31. The fraction of sp³-hybridized carbons (Fsp3) is 0.389. The third kappa shape index (κ3) is 3.01. The molecule has 0 aliphatic carbocycles. The van der Waals surface area contributed by atoms with Crippen LogP contribution in [-0.2, 0) is 6.54 Å². The Morgan fingerprint density at radius 1 is 1.23 bits per heavy atom. The molecule has 1 aliphatic rings. The molecule has 0 radical (unpaired) electrons. The zero-order valence-corrected chi connectivity index (χ0v) is 13.2. The van der Waals surface area contributed by atoms with Crippen LogP contribution in [0.25, 0.3) is 10.8 Å². The van der Waals surface area contributed by atoms with Crippen LogP contribution in [0.3, 0.4) is 0 Å². The first-order valence-electron chi connectivity index (χ1n) is 7.87. The van der Waals surface area contributed by atoms with Crippen molar-refractivity contribution in [1.29, 1.82) is 0 Å². The lowest BCUT2D eigenvalue weighted by molar-refractivity contribution is 0.240. The SMILES string of the molecule is CC(C)Oc1ccc2ccccc2c1CN=C(N)N1CCC1. The summed E-state index contributed by atoms with van der Waals surface area (Å²) in [7, 11) is 0. The number of aliphatic imine (C=N–C) groups is 1. The van der Waals surface area contributed by atoms with Gasteiger partial charge in [0.15, 0.2) is 5.96 Å². The maximum atomic E-state index is 6.06. The van der Waals surface area contributed by atoms with Crippen LogP contribution in [0, 0.1) is 0 Å².